The molecule has 1 aromatic rings. The molecule has 7 heteroatoms. The van der Waals surface area contributed by atoms with E-state index in [1.165, 1.54) is 12.1 Å². The van der Waals surface area contributed by atoms with Gasteiger partial charge in [-0.15, -0.1) is 0 Å². The van der Waals surface area contributed by atoms with Gasteiger partial charge in [0.15, 0.2) is 5.75 Å². The Hall–Kier alpha value is -1.18. The number of nitrogens with two attached hydrogens (primary N) is 1. The molecule has 6 nitrogen and oxygen atoms in total. The predicted molar refractivity (Wildman–Crippen MR) is 61.1 cm³/mol. The first-order chi connectivity index (χ1) is 7.47. The smallest absolute Gasteiger partial charge is 0.312 e. The fourth-order valence-corrected chi connectivity index (χ4v) is 1.79. The summed E-state index contributed by atoms with van der Waals surface area (Å²) in [5, 5.41) is 29.0. The molecule has 0 saturated carbocycles. The molecule has 4 N–H and O–H groups in total. The molecule has 0 unspecified atom stereocenters. The first-order valence-corrected chi connectivity index (χ1v) is 5.30. The number of rotatable bonds is 4. The highest BCUT2D eigenvalue weighted by molar-refractivity contribution is 9.10. The zero-order valence-electron chi connectivity index (χ0n) is 8.26. The van der Waals surface area contributed by atoms with E-state index < -0.39 is 22.4 Å². The number of phenols is 1. The van der Waals surface area contributed by atoms with Gasteiger partial charge in [-0.25, -0.2) is 0 Å². The van der Waals surface area contributed by atoms with Crippen LogP contribution in [0.25, 0.3) is 0 Å². The lowest BCUT2D eigenvalue weighted by atomic mass is 10.0. The van der Waals surface area contributed by atoms with Crippen molar-refractivity contribution in [2.75, 3.05) is 6.61 Å². The summed E-state index contributed by atoms with van der Waals surface area (Å²) in [6, 6.07) is 2.06. The third-order valence-corrected chi connectivity index (χ3v) is 2.58. The summed E-state index contributed by atoms with van der Waals surface area (Å²) >= 11 is 3.10. The number of benzene rings is 1. The standard InChI is InChI=1S/C9H11BrN2O4/c10-5-3-6(7(11)1-2-13)9(14)8(4-5)12(15)16/h3-4,7,13-14H,1-2,11H2/t7-/m1/s1. The molecule has 0 radical (unpaired) electrons. The normalized spacial score (nSPS) is 12.4. The van der Waals surface area contributed by atoms with Crippen molar-refractivity contribution in [3.63, 3.8) is 0 Å². The number of aliphatic hydroxyl groups is 1. The van der Waals surface area contributed by atoms with Crippen LogP contribution >= 0.6 is 15.9 Å². The van der Waals surface area contributed by atoms with Gasteiger partial charge in [-0.1, -0.05) is 15.9 Å². The topological polar surface area (TPSA) is 110 Å². The van der Waals surface area contributed by atoms with Crippen LogP contribution in [0.4, 0.5) is 5.69 Å². The van der Waals surface area contributed by atoms with Gasteiger partial charge in [0.2, 0.25) is 0 Å². The van der Waals surface area contributed by atoms with Gasteiger partial charge in [0.1, 0.15) is 0 Å². The second-order valence-corrected chi connectivity index (χ2v) is 4.15. The van der Waals surface area contributed by atoms with Crippen molar-refractivity contribution in [3.8, 4) is 5.75 Å². The van der Waals surface area contributed by atoms with E-state index in [2.05, 4.69) is 15.9 Å². The largest absolute Gasteiger partial charge is 0.502 e. The van der Waals surface area contributed by atoms with Crippen LogP contribution in [0.5, 0.6) is 5.75 Å². The summed E-state index contributed by atoms with van der Waals surface area (Å²) in [5.41, 5.74) is 5.52. The number of aliphatic hydroxyl groups excluding tert-OH is 1. The van der Waals surface area contributed by atoms with Gasteiger partial charge in [-0.3, -0.25) is 10.1 Å². The SMILES string of the molecule is N[C@H](CCO)c1cc(Br)cc([N+](=O)[O-])c1O. The number of nitro benzene ring substituents is 1. The first-order valence-electron chi connectivity index (χ1n) is 4.50. The number of nitro groups is 1. The molecule has 0 saturated heterocycles. The molecule has 1 rings (SSSR count). The van der Waals surface area contributed by atoms with E-state index in [9.17, 15) is 15.2 Å². The number of halogens is 1. The maximum Gasteiger partial charge on any atom is 0.312 e. The molecule has 16 heavy (non-hydrogen) atoms. The average molecular weight is 291 g/mol. The number of hydrogen-bond acceptors (Lipinski definition) is 5. The Balaban J connectivity index is 3.23. The van der Waals surface area contributed by atoms with Gasteiger partial charge < -0.3 is 15.9 Å². The lowest BCUT2D eigenvalue weighted by Gasteiger charge is -2.12. The van der Waals surface area contributed by atoms with E-state index in [0.717, 1.165) is 0 Å². The molecule has 0 aromatic heterocycles. The van der Waals surface area contributed by atoms with Crippen molar-refractivity contribution in [1.29, 1.82) is 0 Å². The molecule has 88 valence electrons. The second kappa shape index (κ2) is 5.24. The molecule has 0 fully saturated rings. The molecule has 0 aliphatic heterocycles. The van der Waals surface area contributed by atoms with Crippen LogP contribution in [0.1, 0.15) is 18.0 Å². The highest BCUT2D eigenvalue weighted by Crippen LogP contribution is 2.36. The molecule has 1 aromatic carbocycles. The van der Waals surface area contributed by atoms with Crippen molar-refractivity contribution in [2.45, 2.75) is 12.5 Å². The van der Waals surface area contributed by atoms with Gasteiger partial charge in [0.25, 0.3) is 0 Å². The maximum absolute atomic E-state index is 10.6. The van der Waals surface area contributed by atoms with Gasteiger partial charge in [-0.05, 0) is 12.5 Å². The molecule has 1 atom stereocenters. The van der Waals surface area contributed by atoms with Gasteiger partial charge >= 0.3 is 5.69 Å². The Kier molecular flexibility index (Phi) is 4.22. The fourth-order valence-electron chi connectivity index (χ4n) is 1.32. The minimum absolute atomic E-state index is 0.152. The van der Waals surface area contributed by atoms with Crippen LogP contribution in [0.2, 0.25) is 0 Å². The summed E-state index contributed by atoms with van der Waals surface area (Å²) in [5.74, 6) is -0.450. The van der Waals surface area contributed by atoms with Crippen molar-refractivity contribution >= 4 is 21.6 Å². The van der Waals surface area contributed by atoms with E-state index in [0.29, 0.717) is 4.47 Å². The first kappa shape index (κ1) is 12.9. The minimum Gasteiger partial charge on any atom is -0.502 e. The van der Waals surface area contributed by atoms with Crippen LogP contribution in [-0.2, 0) is 0 Å². The number of hydrogen-bond donors (Lipinski definition) is 3. The zero-order chi connectivity index (χ0) is 12.3. The Morgan fingerprint density at radius 2 is 2.19 bits per heavy atom. The molecule has 0 heterocycles. The third-order valence-electron chi connectivity index (χ3n) is 2.12. The van der Waals surface area contributed by atoms with Crippen molar-refractivity contribution in [2.24, 2.45) is 5.73 Å². The number of phenolic OH excluding ortho intramolecular Hbond substituents is 1. The van der Waals surface area contributed by atoms with E-state index in [1.807, 2.05) is 0 Å². The predicted octanol–water partition coefficient (Wildman–Crippen LogP) is 1.45. The molecule has 0 aliphatic rings. The molecule has 0 spiro atoms. The molecule has 0 amide bonds. The highest BCUT2D eigenvalue weighted by atomic mass is 79.9. The summed E-state index contributed by atoms with van der Waals surface area (Å²) in [4.78, 5) is 9.96. The van der Waals surface area contributed by atoms with Crippen molar-refractivity contribution < 1.29 is 15.1 Å². The lowest BCUT2D eigenvalue weighted by Crippen LogP contribution is -2.12. The highest BCUT2D eigenvalue weighted by Gasteiger charge is 2.21. The van der Waals surface area contributed by atoms with Crippen LogP contribution in [-0.4, -0.2) is 21.7 Å². The maximum atomic E-state index is 10.6. The van der Waals surface area contributed by atoms with E-state index in [1.54, 1.807) is 0 Å². The lowest BCUT2D eigenvalue weighted by molar-refractivity contribution is -0.386. The summed E-state index contributed by atoms with van der Waals surface area (Å²) in [7, 11) is 0. The quantitative estimate of drug-likeness (QED) is 0.574. The Labute approximate surface area is 100.0 Å². The molecular formula is C9H11BrN2O4. The fraction of sp³-hybridized carbons (Fsp3) is 0.333. The van der Waals surface area contributed by atoms with Crippen LogP contribution in [0.15, 0.2) is 16.6 Å². The van der Waals surface area contributed by atoms with Crippen molar-refractivity contribution in [3.05, 3.63) is 32.3 Å². The Morgan fingerprint density at radius 3 is 2.69 bits per heavy atom. The van der Waals surface area contributed by atoms with Crippen LogP contribution in [0.3, 0.4) is 0 Å². The molecule has 0 aliphatic carbocycles. The number of nitrogens with zero attached hydrogens (tertiary/aromatic N) is 1. The summed E-state index contributed by atoms with van der Waals surface area (Å²) < 4.78 is 0.459. The Morgan fingerprint density at radius 1 is 1.56 bits per heavy atom. The van der Waals surface area contributed by atoms with E-state index >= 15 is 0 Å². The van der Waals surface area contributed by atoms with Gasteiger partial charge in [-0.2, -0.15) is 0 Å². The van der Waals surface area contributed by atoms with Gasteiger partial charge in [0.05, 0.1) is 4.92 Å². The minimum atomic E-state index is -0.685. The Bertz CT molecular complexity index is 411. The summed E-state index contributed by atoms with van der Waals surface area (Å²) in [6.45, 7) is -0.152. The van der Waals surface area contributed by atoms with Crippen molar-refractivity contribution in [1.82, 2.24) is 0 Å². The van der Waals surface area contributed by atoms with E-state index in [4.69, 9.17) is 10.8 Å². The zero-order valence-corrected chi connectivity index (χ0v) is 9.85. The van der Waals surface area contributed by atoms with Crippen LogP contribution < -0.4 is 5.73 Å². The van der Waals surface area contributed by atoms with Crippen LogP contribution in [0, 0.1) is 10.1 Å². The monoisotopic (exact) mass is 290 g/mol. The molecular weight excluding hydrogens is 280 g/mol. The van der Waals surface area contributed by atoms with Gasteiger partial charge in [0, 0.05) is 28.8 Å². The molecule has 0 bridgehead atoms. The second-order valence-electron chi connectivity index (χ2n) is 3.24. The number of aromatic hydroxyl groups is 1. The van der Waals surface area contributed by atoms with E-state index in [-0.39, 0.29) is 18.6 Å². The average Bonchev–Trinajstić information content (AvgIpc) is 2.20. The summed E-state index contributed by atoms with van der Waals surface area (Å²) in [6.07, 6.45) is 0.223. The third kappa shape index (κ3) is 2.69.